The van der Waals surface area contributed by atoms with Gasteiger partial charge in [-0.2, -0.15) is 0 Å². The van der Waals surface area contributed by atoms with Gasteiger partial charge in [0.15, 0.2) is 5.78 Å². The van der Waals surface area contributed by atoms with Crippen LogP contribution >= 0.6 is 11.6 Å². The average Bonchev–Trinajstić information content (AvgIpc) is 3.29. The van der Waals surface area contributed by atoms with E-state index in [2.05, 4.69) is 17.1 Å². The predicted molar refractivity (Wildman–Crippen MR) is 180 cm³/mol. The number of nitrogen functional groups attached to an aromatic ring is 1. The number of nitrogens with zero attached hydrogens (tertiary/aromatic N) is 1. The van der Waals surface area contributed by atoms with E-state index in [1.54, 1.807) is 25.1 Å². The highest BCUT2D eigenvalue weighted by molar-refractivity contribution is 6.30. The zero-order valence-corrected chi connectivity index (χ0v) is 26.5. The zero-order chi connectivity index (χ0) is 31.4. The molecule has 0 saturated carbocycles. The van der Waals surface area contributed by atoms with Crippen LogP contribution in [0.4, 0.5) is 5.69 Å². The molecule has 1 atom stereocenters. The van der Waals surface area contributed by atoms with Crippen LogP contribution in [0.25, 0.3) is 11.1 Å². The third-order valence-corrected chi connectivity index (χ3v) is 7.66. The van der Waals surface area contributed by atoms with Gasteiger partial charge < -0.3 is 16.2 Å². The van der Waals surface area contributed by atoms with Gasteiger partial charge in [-0.1, -0.05) is 54.9 Å². The lowest BCUT2D eigenvalue weighted by atomic mass is 9.87. The number of halogens is 1. The Labute approximate surface area is 261 Å². The highest BCUT2D eigenvalue weighted by atomic mass is 35.5. The molecule has 1 fully saturated rings. The summed E-state index contributed by atoms with van der Waals surface area (Å²) in [5.74, 6) is 0.0703. The molecule has 228 valence electrons. The molecule has 0 amide bonds. The van der Waals surface area contributed by atoms with Crippen molar-refractivity contribution in [3.63, 3.8) is 0 Å². The summed E-state index contributed by atoms with van der Waals surface area (Å²) in [4.78, 5) is 24.4. The number of anilines is 1. The normalized spacial score (nSPS) is 16.4. The first-order valence-corrected chi connectivity index (χ1v) is 15.2. The number of benzene rings is 3. The van der Waals surface area contributed by atoms with E-state index in [-0.39, 0.29) is 5.78 Å². The van der Waals surface area contributed by atoms with E-state index in [1.807, 2.05) is 74.8 Å². The molecule has 3 aromatic rings. The fraction of sp³-hybridized carbons (Fsp3) is 0.333. The van der Waals surface area contributed by atoms with Gasteiger partial charge in [-0.3, -0.25) is 9.69 Å². The number of carboxylic acids is 1. The van der Waals surface area contributed by atoms with Crippen LogP contribution in [0.2, 0.25) is 5.02 Å². The summed E-state index contributed by atoms with van der Waals surface area (Å²) in [6, 6.07) is 21.2. The Kier molecular flexibility index (Phi) is 13.2. The fourth-order valence-corrected chi connectivity index (χ4v) is 5.53. The van der Waals surface area contributed by atoms with Crippen LogP contribution in [0.1, 0.15) is 65.7 Å². The molecule has 1 aliphatic carbocycles. The summed E-state index contributed by atoms with van der Waals surface area (Å²) < 4.78 is 0. The number of hydrogen-bond acceptors (Lipinski definition) is 5. The highest BCUT2D eigenvalue weighted by Crippen LogP contribution is 2.40. The number of carbonyl (C=O) groups is 2. The van der Waals surface area contributed by atoms with Crippen molar-refractivity contribution in [2.45, 2.75) is 39.5 Å². The van der Waals surface area contributed by atoms with Crippen molar-refractivity contribution in [2.75, 3.05) is 39.5 Å². The predicted octanol–water partition coefficient (Wildman–Crippen LogP) is 7.22. The third-order valence-electron chi connectivity index (χ3n) is 7.41. The minimum atomic E-state index is -0.900. The first-order chi connectivity index (χ1) is 20.6. The number of hydrogen-bond donors (Lipinski definition) is 3. The summed E-state index contributed by atoms with van der Waals surface area (Å²) in [7, 11) is 3.75. The van der Waals surface area contributed by atoms with Gasteiger partial charge in [-0.15, -0.1) is 0 Å². The maximum Gasteiger partial charge on any atom is 0.335 e. The van der Waals surface area contributed by atoms with Gasteiger partial charge in [-0.05, 0) is 135 Å². The minimum absolute atomic E-state index is 0.141. The number of allylic oxidation sites excluding steroid dienone is 2. The molecule has 1 unspecified atom stereocenters. The number of ketones is 1. The number of carboxylic acid groups (broad SMARTS) is 1. The Hall–Kier alpha value is -3.71. The van der Waals surface area contributed by atoms with Gasteiger partial charge in [0.25, 0.3) is 0 Å². The Morgan fingerprint density at radius 1 is 1.02 bits per heavy atom. The van der Waals surface area contributed by atoms with Gasteiger partial charge in [0.05, 0.1) is 5.56 Å². The topological polar surface area (TPSA) is 95.7 Å². The number of nitrogens with two attached hydrogens (primary N) is 1. The fourth-order valence-electron chi connectivity index (χ4n) is 5.40. The van der Waals surface area contributed by atoms with Gasteiger partial charge >= 0.3 is 5.97 Å². The van der Waals surface area contributed by atoms with Crippen LogP contribution in [-0.4, -0.2) is 55.5 Å². The Morgan fingerprint density at radius 2 is 1.67 bits per heavy atom. The number of aryl methyl sites for hydroxylation is 1. The van der Waals surface area contributed by atoms with E-state index in [1.165, 1.54) is 25.1 Å². The van der Waals surface area contributed by atoms with Crippen LogP contribution in [0.5, 0.6) is 0 Å². The molecule has 6 nitrogen and oxygen atoms in total. The van der Waals surface area contributed by atoms with Gasteiger partial charge in [-0.25, -0.2) is 4.79 Å². The van der Waals surface area contributed by atoms with Crippen molar-refractivity contribution >= 4 is 40.2 Å². The number of rotatable bonds is 6. The van der Waals surface area contributed by atoms with E-state index < -0.39 is 5.97 Å². The molecule has 0 bridgehead atoms. The summed E-state index contributed by atoms with van der Waals surface area (Å²) >= 11 is 6.10. The molecular weight excluding hydrogens is 558 g/mol. The van der Waals surface area contributed by atoms with Crippen LogP contribution in [0.3, 0.4) is 0 Å². The standard InChI is InChI=1S/C24H20ClNO2.C10H17NO.C2H7N/c25-19-9-4-15(5-10-19)21-3-1-2-17-14-18(24(27)28)8-13-22(17)23(21)16-6-11-20(26)12-7-16;1-9-5-7-11(8-9)6-3-4-10(2)12;1-3-2/h4-14H,1-3,26H2,(H,27,28);3-4,9H,5-8H2,1-2H3;3H,1-2H3/b;4-3+;. The summed E-state index contributed by atoms with van der Waals surface area (Å²) in [5.41, 5.74) is 13.7. The Morgan fingerprint density at radius 3 is 2.26 bits per heavy atom. The Balaban J connectivity index is 0.000000282. The second-order valence-corrected chi connectivity index (χ2v) is 11.6. The second-order valence-electron chi connectivity index (χ2n) is 11.2. The molecule has 2 aliphatic rings. The van der Waals surface area contributed by atoms with Gasteiger partial charge in [0.2, 0.25) is 0 Å². The molecule has 1 saturated heterocycles. The van der Waals surface area contributed by atoms with E-state index in [9.17, 15) is 14.7 Å². The van der Waals surface area contributed by atoms with Crippen LogP contribution < -0.4 is 11.1 Å². The minimum Gasteiger partial charge on any atom is -0.478 e. The summed E-state index contributed by atoms with van der Waals surface area (Å²) in [6.45, 7) is 7.16. The van der Waals surface area contributed by atoms with Crippen molar-refractivity contribution in [1.29, 1.82) is 0 Å². The molecule has 0 spiro atoms. The number of likely N-dealkylation sites (tertiary alicyclic amines) is 1. The quantitative estimate of drug-likeness (QED) is 0.204. The van der Waals surface area contributed by atoms with E-state index >= 15 is 0 Å². The number of nitrogens with one attached hydrogen (secondary N) is 1. The second kappa shape index (κ2) is 16.8. The zero-order valence-electron chi connectivity index (χ0n) is 25.7. The lowest BCUT2D eigenvalue weighted by molar-refractivity contribution is -0.112. The van der Waals surface area contributed by atoms with Crippen molar-refractivity contribution in [3.05, 3.63) is 112 Å². The van der Waals surface area contributed by atoms with Crippen LogP contribution in [0.15, 0.2) is 78.9 Å². The first-order valence-electron chi connectivity index (χ1n) is 14.8. The van der Waals surface area contributed by atoms with Crippen molar-refractivity contribution < 1.29 is 14.7 Å². The lowest BCUT2D eigenvalue weighted by Gasteiger charge is -2.17. The molecule has 0 radical (unpaired) electrons. The molecule has 5 rings (SSSR count). The smallest absolute Gasteiger partial charge is 0.335 e. The molecular formula is C36H44ClN3O3. The largest absolute Gasteiger partial charge is 0.478 e. The van der Waals surface area contributed by atoms with Crippen molar-refractivity contribution in [3.8, 4) is 0 Å². The molecule has 3 aromatic carbocycles. The van der Waals surface area contributed by atoms with Gasteiger partial charge in [0, 0.05) is 23.8 Å². The van der Waals surface area contributed by atoms with Gasteiger partial charge in [0.1, 0.15) is 0 Å². The SMILES string of the molecule is CC(=O)/C=C/CN1CCC(C)C1.CNC.Nc1ccc(C2=C(c3ccc(Cl)cc3)CCCc3cc(C(=O)O)ccc32)cc1. The maximum atomic E-state index is 11.4. The van der Waals surface area contributed by atoms with Crippen LogP contribution in [0, 0.1) is 5.92 Å². The third kappa shape index (κ3) is 10.2. The van der Waals surface area contributed by atoms with Crippen LogP contribution in [-0.2, 0) is 11.2 Å². The number of fused-ring (bicyclic) bond motifs is 1. The molecule has 4 N–H and O–H groups in total. The van der Waals surface area contributed by atoms with E-state index in [0.29, 0.717) is 16.3 Å². The highest BCUT2D eigenvalue weighted by Gasteiger charge is 2.21. The molecule has 1 heterocycles. The van der Waals surface area contributed by atoms with E-state index in [0.717, 1.165) is 59.6 Å². The maximum absolute atomic E-state index is 11.4. The number of aromatic carboxylic acids is 1. The lowest BCUT2D eigenvalue weighted by Crippen LogP contribution is -2.20. The first kappa shape index (κ1) is 33.8. The van der Waals surface area contributed by atoms with Crippen molar-refractivity contribution in [1.82, 2.24) is 10.2 Å². The van der Waals surface area contributed by atoms with Crippen molar-refractivity contribution in [2.24, 2.45) is 5.92 Å². The number of carbonyl (C=O) groups excluding carboxylic acids is 1. The monoisotopic (exact) mass is 601 g/mol. The molecule has 1 aliphatic heterocycles. The molecule has 0 aromatic heterocycles. The Bertz CT molecular complexity index is 1430. The van der Waals surface area contributed by atoms with E-state index in [4.69, 9.17) is 17.3 Å². The summed E-state index contributed by atoms with van der Waals surface area (Å²) in [6.07, 6.45) is 7.61. The molecule has 43 heavy (non-hydrogen) atoms. The summed E-state index contributed by atoms with van der Waals surface area (Å²) in [5, 5.41) is 12.8. The average molecular weight is 602 g/mol. The molecule has 7 heteroatoms.